The van der Waals surface area contributed by atoms with Gasteiger partial charge in [-0.05, 0) is 6.92 Å². The van der Waals surface area contributed by atoms with Crippen LogP contribution >= 0.6 is 12.2 Å². The summed E-state index contributed by atoms with van der Waals surface area (Å²) in [6, 6.07) is 0. The fourth-order valence-corrected chi connectivity index (χ4v) is 0.702. The van der Waals surface area contributed by atoms with Crippen LogP contribution in [0, 0.1) is 5.41 Å². The van der Waals surface area contributed by atoms with Crippen LogP contribution in [0.1, 0.15) is 27.7 Å². The van der Waals surface area contributed by atoms with Crippen LogP contribution in [0.25, 0.3) is 0 Å². The van der Waals surface area contributed by atoms with Crippen molar-refractivity contribution in [2.45, 2.75) is 27.7 Å². The van der Waals surface area contributed by atoms with Gasteiger partial charge in [0.2, 0.25) is 0 Å². The highest BCUT2D eigenvalue weighted by atomic mass is 32.1. The lowest BCUT2D eigenvalue weighted by atomic mass is 9.97. The first-order valence-corrected chi connectivity index (χ1v) is 4.72. The molecule has 0 saturated heterocycles. The van der Waals surface area contributed by atoms with E-state index in [0.717, 1.165) is 0 Å². The monoisotopic (exact) mass is 203 g/mol. The van der Waals surface area contributed by atoms with Crippen LogP contribution in [0.3, 0.4) is 0 Å². The largest absolute Gasteiger partial charge is 0.465 e. The molecule has 3 nitrogen and oxygen atoms in total. The lowest BCUT2D eigenvalue weighted by molar-refractivity contribution is -0.141. The van der Waals surface area contributed by atoms with Gasteiger partial charge in [0.25, 0.3) is 0 Å². The van der Waals surface area contributed by atoms with Crippen molar-refractivity contribution in [3.05, 3.63) is 0 Å². The topological polar surface area (TPSA) is 38.3 Å². The summed E-state index contributed by atoms with van der Waals surface area (Å²) in [5.41, 5.74) is -0.0954. The third-order valence-corrected chi connectivity index (χ3v) is 2.14. The van der Waals surface area contributed by atoms with Gasteiger partial charge in [0.1, 0.15) is 6.54 Å². The normalized spacial score (nSPS) is 10.8. The lowest BCUT2D eigenvalue weighted by Crippen LogP contribution is -2.37. The third kappa shape index (κ3) is 5.58. The number of thiocarbonyl (C=S) groups is 1. The standard InChI is InChI=1S/C9H17NO2S/c1-5-12-7(11)6-10-8(13)9(2,3)4/h5-6H2,1-4H3,(H,10,13). The zero-order chi connectivity index (χ0) is 10.5. The quantitative estimate of drug-likeness (QED) is 0.557. The first-order valence-electron chi connectivity index (χ1n) is 4.32. The Labute approximate surface area is 84.8 Å². The zero-order valence-corrected chi connectivity index (χ0v) is 9.46. The Kier molecular flexibility index (Phi) is 4.91. The fraction of sp³-hybridized carbons (Fsp3) is 0.778. The van der Waals surface area contributed by atoms with E-state index in [1.165, 1.54) is 0 Å². The van der Waals surface area contributed by atoms with Crippen LogP contribution in [0.2, 0.25) is 0 Å². The number of hydrogen-bond donors (Lipinski definition) is 1. The summed E-state index contributed by atoms with van der Waals surface area (Å²) >= 11 is 5.08. The second-order valence-electron chi connectivity index (χ2n) is 3.74. The highest BCUT2D eigenvalue weighted by Crippen LogP contribution is 2.13. The van der Waals surface area contributed by atoms with Crippen molar-refractivity contribution in [1.82, 2.24) is 5.32 Å². The van der Waals surface area contributed by atoms with Crippen LogP contribution in [0.5, 0.6) is 0 Å². The Morgan fingerprint density at radius 1 is 1.46 bits per heavy atom. The molecule has 0 amide bonds. The van der Waals surface area contributed by atoms with Crippen molar-refractivity contribution < 1.29 is 9.53 Å². The maximum absolute atomic E-state index is 10.9. The minimum Gasteiger partial charge on any atom is -0.465 e. The zero-order valence-electron chi connectivity index (χ0n) is 8.64. The molecule has 13 heavy (non-hydrogen) atoms. The summed E-state index contributed by atoms with van der Waals surface area (Å²) < 4.78 is 4.74. The molecule has 0 aliphatic rings. The summed E-state index contributed by atoms with van der Waals surface area (Å²) in [7, 11) is 0. The molecule has 0 aromatic heterocycles. The highest BCUT2D eigenvalue weighted by molar-refractivity contribution is 7.80. The summed E-state index contributed by atoms with van der Waals surface area (Å²) in [6.07, 6.45) is 0. The van der Waals surface area contributed by atoms with Crippen molar-refractivity contribution >= 4 is 23.2 Å². The van der Waals surface area contributed by atoms with Crippen LogP contribution in [-0.4, -0.2) is 24.1 Å². The van der Waals surface area contributed by atoms with Gasteiger partial charge < -0.3 is 10.1 Å². The van der Waals surface area contributed by atoms with Gasteiger partial charge >= 0.3 is 5.97 Å². The Morgan fingerprint density at radius 3 is 2.38 bits per heavy atom. The van der Waals surface area contributed by atoms with Crippen LogP contribution in [0.4, 0.5) is 0 Å². The average molecular weight is 203 g/mol. The molecule has 0 spiro atoms. The Bertz CT molecular complexity index is 196. The Balaban J connectivity index is 3.77. The number of nitrogens with one attached hydrogen (secondary N) is 1. The smallest absolute Gasteiger partial charge is 0.325 e. The summed E-state index contributed by atoms with van der Waals surface area (Å²) in [5, 5.41) is 2.86. The molecule has 0 heterocycles. The molecule has 0 bridgehead atoms. The van der Waals surface area contributed by atoms with Gasteiger partial charge in [-0.25, -0.2) is 0 Å². The first kappa shape index (κ1) is 12.4. The van der Waals surface area contributed by atoms with Gasteiger partial charge in [-0.15, -0.1) is 0 Å². The van der Waals surface area contributed by atoms with Gasteiger partial charge in [0.15, 0.2) is 0 Å². The van der Waals surface area contributed by atoms with E-state index in [4.69, 9.17) is 17.0 Å². The molecule has 0 unspecified atom stereocenters. The molecule has 0 atom stereocenters. The van der Waals surface area contributed by atoms with E-state index in [2.05, 4.69) is 5.32 Å². The minimum atomic E-state index is -0.269. The average Bonchev–Trinajstić information content (AvgIpc) is 1.99. The third-order valence-electron chi connectivity index (χ3n) is 1.38. The SMILES string of the molecule is CCOC(=O)CNC(=S)C(C)(C)C. The molecule has 0 fully saturated rings. The number of carbonyl (C=O) groups excluding carboxylic acids is 1. The van der Waals surface area contributed by atoms with Crippen molar-refractivity contribution in [3.63, 3.8) is 0 Å². The summed E-state index contributed by atoms with van der Waals surface area (Å²) in [5.74, 6) is -0.269. The van der Waals surface area contributed by atoms with Crippen molar-refractivity contribution in [1.29, 1.82) is 0 Å². The molecule has 0 saturated carbocycles. The van der Waals surface area contributed by atoms with E-state index in [0.29, 0.717) is 11.6 Å². The second-order valence-corrected chi connectivity index (χ2v) is 4.15. The van der Waals surface area contributed by atoms with Crippen LogP contribution < -0.4 is 5.32 Å². The molecule has 0 radical (unpaired) electrons. The molecular formula is C9H17NO2S. The minimum absolute atomic E-state index is 0.0954. The van der Waals surface area contributed by atoms with Crippen molar-refractivity contribution in [2.75, 3.05) is 13.2 Å². The van der Waals surface area contributed by atoms with Crippen LogP contribution in [0.15, 0.2) is 0 Å². The van der Waals surface area contributed by atoms with E-state index in [1.807, 2.05) is 20.8 Å². The molecule has 0 aromatic carbocycles. The van der Waals surface area contributed by atoms with E-state index >= 15 is 0 Å². The Hall–Kier alpha value is -0.640. The van der Waals surface area contributed by atoms with E-state index in [-0.39, 0.29) is 17.9 Å². The second kappa shape index (κ2) is 5.17. The molecule has 0 aliphatic heterocycles. The highest BCUT2D eigenvalue weighted by Gasteiger charge is 2.17. The first-order chi connectivity index (χ1) is 5.88. The number of hydrogen-bond acceptors (Lipinski definition) is 3. The molecule has 1 N–H and O–H groups in total. The number of ether oxygens (including phenoxy) is 1. The van der Waals surface area contributed by atoms with Gasteiger partial charge in [-0.1, -0.05) is 33.0 Å². The van der Waals surface area contributed by atoms with Crippen molar-refractivity contribution in [2.24, 2.45) is 5.41 Å². The summed E-state index contributed by atoms with van der Waals surface area (Å²) in [4.78, 5) is 11.6. The Morgan fingerprint density at radius 2 is 2.00 bits per heavy atom. The fourth-order valence-electron chi connectivity index (χ4n) is 0.630. The molecular weight excluding hydrogens is 186 g/mol. The van der Waals surface area contributed by atoms with Gasteiger partial charge in [-0.2, -0.15) is 0 Å². The number of esters is 1. The van der Waals surface area contributed by atoms with E-state index in [9.17, 15) is 4.79 Å². The van der Waals surface area contributed by atoms with Gasteiger partial charge in [0, 0.05) is 5.41 Å². The lowest BCUT2D eigenvalue weighted by Gasteiger charge is -2.20. The van der Waals surface area contributed by atoms with E-state index < -0.39 is 0 Å². The molecule has 0 aliphatic carbocycles. The maximum Gasteiger partial charge on any atom is 0.325 e. The number of carbonyl (C=O) groups is 1. The van der Waals surface area contributed by atoms with Crippen molar-refractivity contribution in [3.8, 4) is 0 Å². The molecule has 76 valence electrons. The summed E-state index contributed by atoms with van der Waals surface area (Å²) in [6.45, 7) is 8.32. The van der Waals surface area contributed by atoms with Gasteiger partial charge in [0.05, 0.1) is 11.6 Å². The molecule has 0 rings (SSSR count). The van der Waals surface area contributed by atoms with E-state index in [1.54, 1.807) is 6.92 Å². The van der Waals surface area contributed by atoms with Crippen LogP contribution in [-0.2, 0) is 9.53 Å². The predicted molar refractivity (Wildman–Crippen MR) is 56.7 cm³/mol. The predicted octanol–water partition coefficient (Wildman–Crippen LogP) is 1.51. The maximum atomic E-state index is 10.9. The molecule has 0 aromatic rings. The van der Waals surface area contributed by atoms with Gasteiger partial charge in [-0.3, -0.25) is 4.79 Å². The molecule has 4 heteroatoms. The number of rotatable bonds is 3.